The molecule has 1 aromatic rings. The predicted molar refractivity (Wildman–Crippen MR) is 66.4 cm³/mol. The number of allylic oxidation sites excluding steroid dienone is 1. The van der Waals surface area contributed by atoms with Crippen LogP contribution in [0.15, 0.2) is 35.6 Å². The van der Waals surface area contributed by atoms with E-state index >= 15 is 0 Å². The summed E-state index contributed by atoms with van der Waals surface area (Å²) >= 11 is 5.68. The number of fused-ring (bicyclic) bond motifs is 1. The molecule has 0 saturated carbocycles. The van der Waals surface area contributed by atoms with Crippen LogP contribution in [0.2, 0.25) is 0 Å². The first-order chi connectivity index (χ1) is 5.36. The molecule has 0 fully saturated rings. The number of rotatable bonds is 0. The van der Waals surface area contributed by atoms with Crippen molar-refractivity contribution in [1.29, 1.82) is 0 Å². The highest BCUT2D eigenvalue weighted by atomic mass is 35.5. The highest BCUT2D eigenvalue weighted by Gasteiger charge is 2.08. The van der Waals surface area contributed by atoms with Gasteiger partial charge >= 0.3 is 0 Å². The molecule has 0 bridgehead atoms. The summed E-state index contributed by atoms with van der Waals surface area (Å²) in [6, 6.07) is 7.89. The van der Waals surface area contributed by atoms with Crippen molar-refractivity contribution in [3.05, 3.63) is 41.1 Å². The van der Waals surface area contributed by atoms with E-state index in [1.807, 2.05) is 30.3 Å². The Morgan fingerprint density at radius 3 is 2.00 bits per heavy atom. The van der Waals surface area contributed by atoms with E-state index in [1.54, 1.807) is 0 Å². The van der Waals surface area contributed by atoms with Crippen LogP contribution in [0.5, 0.6) is 5.75 Å². The van der Waals surface area contributed by atoms with Gasteiger partial charge in [0.1, 0.15) is 5.75 Å². The van der Waals surface area contributed by atoms with Crippen molar-refractivity contribution in [2.45, 2.75) is 6.42 Å². The molecule has 17 heavy (non-hydrogen) atoms. The standard InChI is InChI=1S/C9H7ClO.6H2O/c10-9-6-5-7-3-1-2-4-8(7)11-9;;;;;;/h1-4,6H,5H2;6*1H2. The van der Waals surface area contributed by atoms with Crippen molar-refractivity contribution >= 4 is 11.6 Å². The molecule has 0 aromatic heterocycles. The van der Waals surface area contributed by atoms with Crippen LogP contribution in [0, 0.1) is 0 Å². The molecular weight excluding hydrogens is 256 g/mol. The van der Waals surface area contributed by atoms with E-state index < -0.39 is 0 Å². The Kier molecular flexibility index (Phi) is 22.5. The van der Waals surface area contributed by atoms with E-state index in [0.29, 0.717) is 5.22 Å². The molecule has 0 aliphatic carbocycles. The zero-order valence-corrected chi connectivity index (χ0v) is 9.64. The average Bonchev–Trinajstić information content (AvgIpc) is 2.04. The molecule has 2 rings (SSSR count). The highest BCUT2D eigenvalue weighted by molar-refractivity contribution is 6.28. The Morgan fingerprint density at radius 1 is 0.882 bits per heavy atom. The quantitative estimate of drug-likeness (QED) is 0.506. The van der Waals surface area contributed by atoms with Crippen LogP contribution in [0.3, 0.4) is 0 Å². The van der Waals surface area contributed by atoms with E-state index in [2.05, 4.69) is 0 Å². The van der Waals surface area contributed by atoms with E-state index in [1.165, 1.54) is 5.56 Å². The number of hydrogen-bond donors (Lipinski definition) is 0. The fourth-order valence-electron chi connectivity index (χ4n) is 1.11. The summed E-state index contributed by atoms with van der Waals surface area (Å²) in [7, 11) is 0. The number of hydrogen-bond acceptors (Lipinski definition) is 1. The molecule has 0 atom stereocenters. The van der Waals surface area contributed by atoms with Gasteiger partial charge in [0.25, 0.3) is 0 Å². The smallest absolute Gasteiger partial charge is 0.190 e. The maximum atomic E-state index is 5.68. The van der Waals surface area contributed by atoms with Gasteiger partial charge in [0.2, 0.25) is 0 Å². The van der Waals surface area contributed by atoms with Crippen LogP contribution in [-0.2, 0) is 6.42 Å². The first kappa shape index (κ1) is 29.7. The Morgan fingerprint density at radius 2 is 1.41 bits per heavy atom. The van der Waals surface area contributed by atoms with Crippen molar-refractivity contribution in [3.63, 3.8) is 0 Å². The van der Waals surface area contributed by atoms with Crippen molar-refractivity contribution < 1.29 is 37.6 Å². The van der Waals surface area contributed by atoms with Gasteiger partial charge in [-0.1, -0.05) is 18.2 Å². The Bertz CT molecular complexity index is 316. The van der Waals surface area contributed by atoms with Gasteiger partial charge in [-0.05, 0) is 35.7 Å². The summed E-state index contributed by atoms with van der Waals surface area (Å²) in [4.78, 5) is 0. The molecule has 12 N–H and O–H groups in total. The van der Waals surface area contributed by atoms with Gasteiger partial charge in [0, 0.05) is 0 Å². The lowest BCUT2D eigenvalue weighted by Gasteiger charge is -2.12. The molecule has 0 saturated heterocycles. The van der Waals surface area contributed by atoms with E-state index in [0.717, 1.165) is 12.2 Å². The van der Waals surface area contributed by atoms with Gasteiger partial charge in [0.15, 0.2) is 5.22 Å². The molecule has 1 aromatic carbocycles. The fourth-order valence-corrected chi connectivity index (χ4v) is 1.27. The molecule has 0 radical (unpaired) electrons. The van der Waals surface area contributed by atoms with Gasteiger partial charge in [-0.15, -0.1) is 0 Å². The second kappa shape index (κ2) is 12.9. The molecule has 1 heterocycles. The van der Waals surface area contributed by atoms with E-state index in [-0.39, 0.29) is 32.9 Å². The van der Waals surface area contributed by atoms with Gasteiger partial charge in [-0.3, -0.25) is 0 Å². The van der Waals surface area contributed by atoms with Gasteiger partial charge in [-0.2, -0.15) is 0 Å². The zero-order valence-electron chi connectivity index (χ0n) is 8.88. The minimum absolute atomic E-state index is 0. The number of para-hydroxylation sites is 1. The first-order valence-electron chi connectivity index (χ1n) is 3.48. The summed E-state index contributed by atoms with van der Waals surface area (Å²) in [6.45, 7) is 0. The summed E-state index contributed by atoms with van der Waals surface area (Å²) in [6.07, 6.45) is 2.74. The van der Waals surface area contributed by atoms with Gasteiger partial charge in [0.05, 0.1) is 0 Å². The lowest BCUT2D eigenvalue weighted by Crippen LogP contribution is -1.99. The second-order valence-corrected chi connectivity index (χ2v) is 2.79. The van der Waals surface area contributed by atoms with Crippen LogP contribution < -0.4 is 4.74 Å². The lowest BCUT2D eigenvalue weighted by molar-refractivity contribution is 0.446. The number of halogens is 1. The van der Waals surface area contributed by atoms with Crippen LogP contribution in [0.4, 0.5) is 0 Å². The first-order valence-corrected chi connectivity index (χ1v) is 3.85. The van der Waals surface area contributed by atoms with Gasteiger partial charge in [-0.25, -0.2) is 0 Å². The third-order valence-electron chi connectivity index (χ3n) is 1.66. The van der Waals surface area contributed by atoms with Crippen molar-refractivity contribution in [2.24, 2.45) is 0 Å². The molecule has 7 nitrogen and oxygen atoms in total. The number of ether oxygens (including phenoxy) is 1. The highest BCUT2D eigenvalue weighted by Crippen LogP contribution is 2.26. The fraction of sp³-hybridized carbons (Fsp3) is 0.111. The predicted octanol–water partition coefficient (Wildman–Crippen LogP) is -2.25. The largest absolute Gasteiger partial charge is 0.445 e. The molecule has 1 aliphatic rings. The van der Waals surface area contributed by atoms with E-state index in [4.69, 9.17) is 16.3 Å². The van der Waals surface area contributed by atoms with Crippen LogP contribution >= 0.6 is 11.6 Å². The number of benzene rings is 1. The molecule has 1 aliphatic heterocycles. The minimum Gasteiger partial charge on any atom is -0.445 e. The average molecular weight is 275 g/mol. The maximum Gasteiger partial charge on any atom is 0.190 e. The van der Waals surface area contributed by atoms with Crippen LogP contribution in [0.25, 0.3) is 0 Å². The molecule has 0 amide bonds. The van der Waals surface area contributed by atoms with Crippen molar-refractivity contribution in [3.8, 4) is 5.75 Å². The lowest BCUT2D eigenvalue weighted by atomic mass is 10.1. The molecule has 0 unspecified atom stereocenters. The molecule has 8 heteroatoms. The van der Waals surface area contributed by atoms with Crippen LogP contribution in [-0.4, -0.2) is 32.9 Å². The monoisotopic (exact) mass is 274 g/mol. The summed E-state index contributed by atoms with van der Waals surface area (Å²) in [5, 5.41) is 0.476. The Labute approximate surface area is 103 Å². The van der Waals surface area contributed by atoms with Crippen LogP contribution in [0.1, 0.15) is 5.56 Å². The zero-order chi connectivity index (χ0) is 7.68. The second-order valence-electron chi connectivity index (χ2n) is 2.42. The van der Waals surface area contributed by atoms with Crippen molar-refractivity contribution in [1.82, 2.24) is 0 Å². The molecule has 104 valence electrons. The topological polar surface area (TPSA) is 198 Å². The van der Waals surface area contributed by atoms with Gasteiger partial charge < -0.3 is 37.6 Å². The minimum atomic E-state index is 0. The summed E-state index contributed by atoms with van der Waals surface area (Å²) < 4.78 is 5.26. The summed E-state index contributed by atoms with van der Waals surface area (Å²) in [5.74, 6) is 0.875. The third-order valence-corrected chi connectivity index (χ3v) is 1.89. The normalized spacial score (nSPS) is 9.59. The molecular formula is C9H19ClO7. The molecule has 0 spiro atoms. The summed E-state index contributed by atoms with van der Waals surface area (Å²) in [5.41, 5.74) is 1.19. The third kappa shape index (κ3) is 6.87. The Balaban J connectivity index is -0.0000000800. The maximum absolute atomic E-state index is 5.68. The SMILES string of the molecule is ClC1=CCc2ccccc2O1.O.O.O.O.O.O. The van der Waals surface area contributed by atoms with Crippen molar-refractivity contribution in [2.75, 3.05) is 0 Å². The Hall–Kier alpha value is -1.19. The van der Waals surface area contributed by atoms with E-state index in [9.17, 15) is 0 Å².